The highest BCUT2D eigenvalue weighted by Gasteiger charge is 2.52. The number of carbonyl (C=O) groups is 1. The van der Waals surface area contributed by atoms with Crippen LogP contribution in [0.2, 0.25) is 0 Å². The third kappa shape index (κ3) is 1.37. The van der Waals surface area contributed by atoms with Crippen LogP contribution in [0.1, 0.15) is 12.5 Å². The zero-order valence-electron chi connectivity index (χ0n) is 7.93. The molecule has 2 rings (SSSR count). The van der Waals surface area contributed by atoms with E-state index in [0.717, 1.165) is 4.90 Å². The number of amides is 1. The van der Waals surface area contributed by atoms with Gasteiger partial charge in [-0.3, -0.25) is 4.79 Å². The molecule has 0 saturated heterocycles. The predicted octanol–water partition coefficient (Wildman–Crippen LogP) is 2.91. The topological polar surface area (TPSA) is 20.3 Å². The van der Waals surface area contributed by atoms with Crippen molar-refractivity contribution in [3.8, 4) is 0 Å². The summed E-state index contributed by atoms with van der Waals surface area (Å²) >= 11 is 3.12. The van der Waals surface area contributed by atoms with Crippen LogP contribution in [0.4, 0.5) is 14.5 Å². The van der Waals surface area contributed by atoms with Crippen molar-refractivity contribution in [1.29, 1.82) is 0 Å². The van der Waals surface area contributed by atoms with Crippen LogP contribution in [0.25, 0.3) is 0 Å². The molecule has 1 heterocycles. The van der Waals surface area contributed by atoms with Gasteiger partial charge in [-0.1, -0.05) is 15.9 Å². The quantitative estimate of drug-likeness (QED) is 0.772. The number of benzene rings is 1. The molecule has 1 aromatic rings. The highest BCUT2D eigenvalue weighted by atomic mass is 79.9. The highest BCUT2D eigenvalue weighted by molar-refractivity contribution is 9.10. The minimum atomic E-state index is -3.39. The van der Waals surface area contributed by atoms with E-state index < -0.39 is 11.8 Å². The van der Waals surface area contributed by atoms with E-state index in [-0.39, 0.29) is 12.1 Å². The van der Waals surface area contributed by atoms with Gasteiger partial charge in [-0.25, -0.2) is 0 Å². The Kier molecular flexibility index (Phi) is 2.30. The Morgan fingerprint density at radius 1 is 1.47 bits per heavy atom. The fraction of sp³-hybridized carbons (Fsp3) is 0.300. The normalized spacial score (nSPS) is 18.1. The summed E-state index contributed by atoms with van der Waals surface area (Å²) in [4.78, 5) is 12.5. The molecule has 0 atom stereocenters. The SMILES string of the molecule is CCN1C(=O)C(F)(F)c2cc(Br)ccc21. The second kappa shape index (κ2) is 3.27. The van der Waals surface area contributed by atoms with E-state index in [9.17, 15) is 13.6 Å². The monoisotopic (exact) mass is 275 g/mol. The van der Waals surface area contributed by atoms with Crippen molar-refractivity contribution >= 4 is 27.5 Å². The molecule has 1 amide bonds. The molecule has 0 spiro atoms. The van der Waals surface area contributed by atoms with Crippen molar-refractivity contribution in [2.75, 3.05) is 11.4 Å². The molecule has 0 fully saturated rings. The first-order chi connectivity index (χ1) is 6.98. The Morgan fingerprint density at radius 3 is 2.73 bits per heavy atom. The van der Waals surface area contributed by atoms with Crippen molar-refractivity contribution < 1.29 is 13.6 Å². The Morgan fingerprint density at radius 2 is 2.13 bits per heavy atom. The molecular formula is C10H8BrF2NO. The molecule has 0 radical (unpaired) electrons. The van der Waals surface area contributed by atoms with E-state index in [1.165, 1.54) is 12.1 Å². The number of rotatable bonds is 1. The molecular weight excluding hydrogens is 268 g/mol. The van der Waals surface area contributed by atoms with Crippen LogP contribution in [0.3, 0.4) is 0 Å². The standard InChI is InChI=1S/C10H8BrF2NO/c1-2-14-8-4-3-6(11)5-7(8)10(12,13)9(14)15/h3-5H,2H2,1H3. The van der Waals surface area contributed by atoms with Crippen LogP contribution < -0.4 is 4.90 Å². The second-order valence-electron chi connectivity index (χ2n) is 3.29. The lowest BCUT2D eigenvalue weighted by Gasteiger charge is -2.13. The first-order valence-electron chi connectivity index (χ1n) is 4.48. The zero-order valence-corrected chi connectivity index (χ0v) is 9.51. The molecule has 1 aliphatic rings. The number of carbonyl (C=O) groups excluding carboxylic acids is 1. The molecule has 2 nitrogen and oxygen atoms in total. The molecule has 1 aromatic carbocycles. The van der Waals surface area contributed by atoms with Gasteiger partial charge in [0.15, 0.2) is 0 Å². The lowest BCUT2D eigenvalue weighted by atomic mass is 10.1. The first-order valence-corrected chi connectivity index (χ1v) is 5.27. The maximum Gasteiger partial charge on any atom is 0.352 e. The molecule has 0 bridgehead atoms. The summed E-state index contributed by atoms with van der Waals surface area (Å²) in [5.41, 5.74) is 0.0828. The van der Waals surface area contributed by atoms with Crippen molar-refractivity contribution in [3.05, 3.63) is 28.2 Å². The van der Waals surface area contributed by atoms with E-state index in [2.05, 4.69) is 15.9 Å². The molecule has 0 saturated carbocycles. The number of halogens is 3. The van der Waals surface area contributed by atoms with Crippen molar-refractivity contribution in [1.82, 2.24) is 0 Å². The largest absolute Gasteiger partial charge is 0.352 e. The van der Waals surface area contributed by atoms with Crippen LogP contribution in [0.15, 0.2) is 22.7 Å². The van der Waals surface area contributed by atoms with E-state index in [1.54, 1.807) is 13.0 Å². The van der Waals surface area contributed by atoms with Gasteiger partial charge in [0, 0.05) is 11.0 Å². The van der Waals surface area contributed by atoms with Crippen LogP contribution in [-0.4, -0.2) is 12.5 Å². The first kappa shape index (κ1) is 10.5. The number of hydrogen-bond donors (Lipinski definition) is 0. The molecule has 15 heavy (non-hydrogen) atoms. The highest BCUT2D eigenvalue weighted by Crippen LogP contribution is 2.44. The lowest BCUT2D eigenvalue weighted by Crippen LogP contribution is -2.34. The minimum Gasteiger partial charge on any atom is -0.307 e. The predicted molar refractivity (Wildman–Crippen MR) is 56.1 cm³/mol. The molecule has 1 aliphatic heterocycles. The second-order valence-corrected chi connectivity index (χ2v) is 4.20. The van der Waals surface area contributed by atoms with Crippen LogP contribution in [-0.2, 0) is 10.7 Å². The van der Waals surface area contributed by atoms with Gasteiger partial charge >= 0.3 is 11.8 Å². The van der Waals surface area contributed by atoms with Gasteiger partial charge in [-0.2, -0.15) is 8.78 Å². The Labute approximate surface area is 94.0 Å². The summed E-state index contributed by atoms with van der Waals surface area (Å²) in [7, 11) is 0. The average Bonchev–Trinajstić information content (AvgIpc) is 2.37. The molecule has 5 heteroatoms. The van der Waals surface area contributed by atoms with Crippen LogP contribution >= 0.6 is 15.9 Å². The molecule has 0 aliphatic carbocycles. The van der Waals surface area contributed by atoms with Gasteiger partial charge in [0.05, 0.1) is 11.3 Å². The van der Waals surface area contributed by atoms with E-state index in [4.69, 9.17) is 0 Å². The van der Waals surface area contributed by atoms with Crippen LogP contribution in [0, 0.1) is 0 Å². The van der Waals surface area contributed by atoms with Gasteiger partial charge in [-0.15, -0.1) is 0 Å². The van der Waals surface area contributed by atoms with Gasteiger partial charge in [0.1, 0.15) is 0 Å². The van der Waals surface area contributed by atoms with Gasteiger partial charge in [-0.05, 0) is 25.1 Å². The Hall–Kier alpha value is -0.970. The summed E-state index contributed by atoms with van der Waals surface area (Å²) in [6, 6.07) is 4.47. The van der Waals surface area contributed by atoms with E-state index in [0.29, 0.717) is 10.2 Å². The number of nitrogens with zero attached hydrogens (tertiary/aromatic N) is 1. The van der Waals surface area contributed by atoms with Gasteiger partial charge in [0.2, 0.25) is 0 Å². The molecule has 0 aromatic heterocycles. The summed E-state index contributed by atoms with van der Waals surface area (Å²) in [6.45, 7) is 1.92. The van der Waals surface area contributed by atoms with E-state index in [1.807, 2.05) is 0 Å². The zero-order chi connectivity index (χ0) is 11.2. The average molecular weight is 276 g/mol. The summed E-state index contributed by atoms with van der Waals surface area (Å²) in [6.07, 6.45) is 0. The maximum atomic E-state index is 13.5. The van der Waals surface area contributed by atoms with Crippen molar-refractivity contribution in [2.24, 2.45) is 0 Å². The fourth-order valence-corrected chi connectivity index (χ4v) is 2.06. The number of fused-ring (bicyclic) bond motifs is 1. The number of hydrogen-bond acceptors (Lipinski definition) is 1. The third-order valence-electron chi connectivity index (χ3n) is 2.42. The number of anilines is 1. The van der Waals surface area contributed by atoms with E-state index >= 15 is 0 Å². The van der Waals surface area contributed by atoms with Gasteiger partial charge in [0.25, 0.3) is 0 Å². The van der Waals surface area contributed by atoms with Crippen LogP contribution in [0.5, 0.6) is 0 Å². The summed E-state index contributed by atoms with van der Waals surface area (Å²) < 4.78 is 27.6. The van der Waals surface area contributed by atoms with Gasteiger partial charge < -0.3 is 4.90 Å². The molecule has 80 valence electrons. The fourth-order valence-electron chi connectivity index (χ4n) is 1.70. The minimum absolute atomic E-state index is 0.219. The summed E-state index contributed by atoms with van der Waals surface area (Å²) in [5.74, 6) is -4.53. The summed E-state index contributed by atoms with van der Waals surface area (Å²) in [5, 5.41) is 0. The molecule has 0 unspecified atom stereocenters. The lowest BCUT2D eigenvalue weighted by molar-refractivity contribution is -0.141. The maximum absolute atomic E-state index is 13.5. The van der Waals surface area contributed by atoms with Crippen molar-refractivity contribution in [3.63, 3.8) is 0 Å². The Bertz CT molecular complexity index is 433. The smallest absolute Gasteiger partial charge is 0.307 e. The van der Waals surface area contributed by atoms with Crippen molar-refractivity contribution in [2.45, 2.75) is 12.8 Å². The third-order valence-corrected chi connectivity index (χ3v) is 2.91. The molecule has 0 N–H and O–H groups in total. The number of alkyl halides is 2. The Balaban J connectivity index is 2.65. The number of likely N-dealkylation sites (N-methyl/N-ethyl adjacent to an activating group) is 1.